The van der Waals surface area contributed by atoms with E-state index < -0.39 is 0 Å². The zero-order valence-electron chi connectivity index (χ0n) is 16.8. The molecule has 1 aliphatic rings. The van der Waals surface area contributed by atoms with E-state index in [2.05, 4.69) is 42.6 Å². The van der Waals surface area contributed by atoms with Gasteiger partial charge in [0.1, 0.15) is 11.5 Å². The van der Waals surface area contributed by atoms with E-state index in [-0.39, 0.29) is 0 Å². The zero-order valence-corrected chi connectivity index (χ0v) is 16.8. The molecule has 0 spiro atoms. The Morgan fingerprint density at radius 2 is 1.78 bits per heavy atom. The summed E-state index contributed by atoms with van der Waals surface area (Å²) in [6.07, 6.45) is 8.84. The van der Waals surface area contributed by atoms with E-state index in [0.29, 0.717) is 6.04 Å². The molecule has 146 valence electrons. The highest BCUT2D eigenvalue weighted by Crippen LogP contribution is 2.35. The summed E-state index contributed by atoms with van der Waals surface area (Å²) in [6.45, 7) is 4.16. The van der Waals surface area contributed by atoms with Crippen molar-refractivity contribution in [1.82, 2.24) is 5.32 Å². The summed E-state index contributed by atoms with van der Waals surface area (Å²) >= 11 is 0. The number of fused-ring (bicyclic) bond motifs is 1. The average molecular weight is 368 g/mol. The minimum atomic E-state index is 0.401. The third-order valence-corrected chi connectivity index (χ3v) is 5.38. The van der Waals surface area contributed by atoms with Gasteiger partial charge in [-0.1, -0.05) is 56.9 Å². The summed E-state index contributed by atoms with van der Waals surface area (Å²) in [4.78, 5) is 0. The maximum Gasteiger partial charge on any atom is 0.124 e. The van der Waals surface area contributed by atoms with Gasteiger partial charge in [0, 0.05) is 11.6 Å². The van der Waals surface area contributed by atoms with Crippen LogP contribution < -0.4 is 14.8 Å². The van der Waals surface area contributed by atoms with Gasteiger partial charge < -0.3 is 14.8 Å². The second-order valence-corrected chi connectivity index (χ2v) is 7.39. The van der Waals surface area contributed by atoms with Crippen molar-refractivity contribution < 1.29 is 9.47 Å². The number of methoxy groups -OCH3 is 1. The largest absolute Gasteiger partial charge is 0.497 e. The molecule has 3 heteroatoms. The molecule has 2 aromatic rings. The van der Waals surface area contributed by atoms with Crippen LogP contribution in [0.3, 0.4) is 0 Å². The second-order valence-electron chi connectivity index (χ2n) is 7.39. The fraction of sp³-hybridized carbons (Fsp3) is 0.500. The Balaban J connectivity index is 1.67. The molecule has 1 N–H and O–H groups in total. The van der Waals surface area contributed by atoms with Crippen LogP contribution in [0.25, 0.3) is 11.1 Å². The predicted octanol–water partition coefficient (Wildman–Crippen LogP) is 6.14. The first-order valence-electron chi connectivity index (χ1n) is 10.5. The molecule has 0 saturated heterocycles. The van der Waals surface area contributed by atoms with Crippen LogP contribution in [-0.2, 0) is 0 Å². The topological polar surface area (TPSA) is 30.5 Å². The molecule has 2 aromatic carbocycles. The van der Waals surface area contributed by atoms with E-state index in [0.717, 1.165) is 37.5 Å². The molecular formula is C24H33NO2. The van der Waals surface area contributed by atoms with Crippen molar-refractivity contribution in [1.29, 1.82) is 0 Å². The summed E-state index contributed by atoms with van der Waals surface area (Å²) < 4.78 is 11.3. The Morgan fingerprint density at radius 3 is 2.56 bits per heavy atom. The zero-order chi connectivity index (χ0) is 18.9. The van der Waals surface area contributed by atoms with E-state index in [1.54, 1.807) is 7.11 Å². The van der Waals surface area contributed by atoms with E-state index >= 15 is 0 Å². The highest BCUT2D eigenvalue weighted by Gasteiger charge is 2.19. The third-order valence-electron chi connectivity index (χ3n) is 5.38. The fourth-order valence-electron chi connectivity index (χ4n) is 3.75. The lowest BCUT2D eigenvalue weighted by Crippen LogP contribution is -2.22. The van der Waals surface area contributed by atoms with Gasteiger partial charge in [-0.25, -0.2) is 0 Å². The molecule has 0 fully saturated rings. The number of ether oxygens (including phenoxy) is 2. The van der Waals surface area contributed by atoms with Gasteiger partial charge in [0.25, 0.3) is 0 Å². The Kier molecular flexibility index (Phi) is 7.58. The molecule has 1 heterocycles. The number of rotatable bonds is 9. The maximum absolute atomic E-state index is 6.08. The summed E-state index contributed by atoms with van der Waals surface area (Å²) in [5.74, 6) is 1.91. The molecule has 0 aliphatic carbocycles. The number of unbranched alkanes of at least 4 members (excludes halogenated alkanes) is 4. The second kappa shape index (κ2) is 10.4. The minimum absolute atomic E-state index is 0.401. The predicted molar refractivity (Wildman–Crippen MR) is 113 cm³/mol. The molecular weight excluding hydrogens is 334 g/mol. The SMILES string of the molecule is CCCCCCCNC1CCCOc2cc(-c3ccc(OC)cc3)ccc21. The molecule has 1 aliphatic heterocycles. The van der Waals surface area contributed by atoms with Crippen molar-refractivity contribution in [3.63, 3.8) is 0 Å². The van der Waals surface area contributed by atoms with Crippen molar-refractivity contribution >= 4 is 0 Å². The first-order valence-corrected chi connectivity index (χ1v) is 10.5. The highest BCUT2D eigenvalue weighted by molar-refractivity contribution is 5.67. The Labute approximate surface area is 164 Å². The van der Waals surface area contributed by atoms with Gasteiger partial charge in [-0.15, -0.1) is 0 Å². The van der Waals surface area contributed by atoms with Crippen LogP contribution in [0.2, 0.25) is 0 Å². The van der Waals surface area contributed by atoms with Crippen LogP contribution in [0, 0.1) is 0 Å². The molecule has 3 rings (SSSR count). The molecule has 0 aromatic heterocycles. The van der Waals surface area contributed by atoms with Crippen LogP contribution in [0.15, 0.2) is 42.5 Å². The molecule has 3 nitrogen and oxygen atoms in total. The number of hydrogen-bond acceptors (Lipinski definition) is 3. The van der Waals surface area contributed by atoms with E-state index in [1.807, 2.05) is 12.1 Å². The summed E-state index contributed by atoms with van der Waals surface area (Å²) in [7, 11) is 1.70. The van der Waals surface area contributed by atoms with E-state index in [9.17, 15) is 0 Å². The normalized spacial score (nSPS) is 16.3. The van der Waals surface area contributed by atoms with E-state index in [1.165, 1.54) is 48.8 Å². The average Bonchev–Trinajstić information content (AvgIpc) is 2.92. The molecule has 0 bridgehead atoms. The first-order chi connectivity index (χ1) is 13.3. The Morgan fingerprint density at radius 1 is 1.00 bits per heavy atom. The quantitative estimate of drug-likeness (QED) is 0.540. The molecule has 0 radical (unpaired) electrons. The van der Waals surface area contributed by atoms with Gasteiger partial charge >= 0.3 is 0 Å². The van der Waals surface area contributed by atoms with Crippen molar-refractivity contribution in [2.45, 2.75) is 57.9 Å². The summed E-state index contributed by atoms with van der Waals surface area (Å²) in [5, 5.41) is 3.77. The van der Waals surface area contributed by atoms with Crippen LogP contribution in [0.5, 0.6) is 11.5 Å². The fourth-order valence-corrected chi connectivity index (χ4v) is 3.75. The molecule has 1 atom stereocenters. The number of benzene rings is 2. The number of hydrogen-bond donors (Lipinski definition) is 1. The van der Waals surface area contributed by atoms with Crippen molar-refractivity contribution in [2.75, 3.05) is 20.3 Å². The van der Waals surface area contributed by atoms with Gasteiger partial charge in [-0.3, -0.25) is 0 Å². The van der Waals surface area contributed by atoms with Crippen molar-refractivity contribution in [3.05, 3.63) is 48.0 Å². The van der Waals surface area contributed by atoms with Gasteiger partial charge in [0.2, 0.25) is 0 Å². The lowest BCUT2D eigenvalue weighted by Gasteiger charge is -2.19. The van der Waals surface area contributed by atoms with Crippen LogP contribution in [0.1, 0.15) is 63.5 Å². The van der Waals surface area contributed by atoms with Gasteiger partial charge in [0.05, 0.1) is 13.7 Å². The smallest absolute Gasteiger partial charge is 0.124 e. The first kappa shape index (κ1) is 19.8. The van der Waals surface area contributed by atoms with Gasteiger partial charge in [0.15, 0.2) is 0 Å². The van der Waals surface area contributed by atoms with E-state index in [4.69, 9.17) is 9.47 Å². The van der Waals surface area contributed by atoms with Gasteiger partial charge in [-0.2, -0.15) is 0 Å². The lowest BCUT2D eigenvalue weighted by molar-refractivity contribution is 0.315. The van der Waals surface area contributed by atoms with Crippen molar-refractivity contribution in [2.24, 2.45) is 0 Å². The Bertz CT molecular complexity index is 696. The maximum atomic E-state index is 6.08. The molecule has 0 saturated carbocycles. The lowest BCUT2D eigenvalue weighted by atomic mass is 9.97. The standard InChI is InChI=1S/C24H33NO2/c1-3-4-5-6-7-16-25-23-9-8-17-27-24-18-20(12-15-22(23)24)19-10-13-21(26-2)14-11-19/h10-15,18,23,25H,3-9,16-17H2,1-2H3. The Hall–Kier alpha value is -2.00. The molecule has 27 heavy (non-hydrogen) atoms. The van der Waals surface area contributed by atoms with Crippen LogP contribution in [-0.4, -0.2) is 20.3 Å². The van der Waals surface area contributed by atoms with Gasteiger partial charge in [-0.05, 0) is 55.1 Å². The monoisotopic (exact) mass is 367 g/mol. The third kappa shape index (κ3) is 5.49. The summed E-state index contributed by atoms with van der Waals surface area (Å²) in [6, 6.07) is 15.3. The van der Waals surface area contributed by atoms with Crippen LogP contribution in [0.4, 0.5) is 0 Å². The van der Waals surface area contributed by atoms with Crippen molar-refractivity contribution in [3.8, 4) is 22.6 Å². The molecule has 0 amide bonds. The summed E-state index contributed by atoms with van der Waals surface area (Å²) in [5.41, 5.74) is 3.68. The minimum Gasteiger partial charge on any atom is -0.497 e. The molecule has 1 unspecified atom stereocenters. The number of nitrogens with one attached hydrogen (secondary N) is 1. The van der Waals surface area contributed by atoms with Crippen LogP contribution >= 0.6 is 0 Å². The highest BCUT2D eigenvalue weighted by atomic mass is 16.5.